The van der Waals surface area contributed by atoms with E-state index >= 15 is 0 Å². The number of hydrogen-bond acceptors (Lipinski definition) is 4. The van der Waals surface area contributed by atoms with Crippen LogP contribution in [0, 0.1) is 13.8 Å². The molecule has 0 aliphatic heterocycles. The number of unbranched alkanes of at least 4 members (excludes halogenated alkanes) is 1. The molecule has 0 aliphatic carbocycles. The van der Waals surface area contributed by atoms with E-state index in [1.54, 1.807) is 0 Å². The number of fused-ring (bicyclic) bond motifs is 1. The zero-order valence-electron chi connectivity index (χ0n) is 20.7. The van der Waals surface area contributed by atoms with Crippen molar-refractivity contribution in [3.8, 4) is 11.5 Å². The van der Waals surface area contributed by atoms with E-state index in [1.165, 1.54) is 5.56 Å². The number of ether oxygens (including phenoxy) is 2. The predicted octanol–water partition coefficient (Wildman–Crippen LogP) is 5.77. The lowest BCUT2D eigenvalue weighted by Crippen LogP contribution is -2.32. The van der Waals surface area contributed by atoms with E-state index in [9.17, 15) is 4.79 Å². The van der Waals surface area contributed by atoms with Gasteiger partial charge in [-0.25, -0.2) is 4.98 Å². The number of amides is 1. The van der Waals surface area contributed by atoms with E-state index in [2.05, 4.69) is 48.0 Å². The molecule has 0 bridgehead atoms. The highest BCUT2D eigenvalue weighted by Crippen LogP contribution is 2.23. The van der Waals surface area contributed by atoms with Crippen molar-refractivity contribution in [1.82, 2.24) is 14.9 Å². The van der Waals surface area contributed by atoms with E-state index < -0.39 is 0 Å². The summed E-state index contributed by atoms with van der Waals surface area (Å²) in [4.78, 5) is 17.4. The summed E-state index contributed by atoms with van der Waals surface area (Å²) in [5.74, 6) is 2.29. The van der Waals surface area contributed by atoms with Crippen molar-refractivity contribution in [2.24, 2.45) is 0 Å². The van der Waals surface area contributed by atoms with Crippen LogP contribution in [-0.2, 0) is 11.3 Å². The summed E-state index contributed by atoms with van der Waals surface area (Å²) in [7, 11) is 0. The quantitative estimate of drug-likeness (QED) is 0.282. The van der Waals surface area contributed by atoms with Gasteiger partial charge in [-0.2, -0.15) is 0 Å². The second-order valence-electron chi connectivity index (χ2n) is 8.83. The summed E-state index contributed by atoms with van der Waals surface area (Å²) in [6, 6.07) is 23.5. The van der Waals surface area contributed by atoms with Crippen molar-refractivity contribution in [3.05, 3.63) is 89.7 Å². The molecule has 1 atom stereocenters. The van der Waals surface area contributed by atoms with Gasteiger partial charge in [0.25, 0.3) is 5.91 Å². The molecule has 3 aromatic carbocycles. The van der Waals surface area contributed by atoms with Crippen LogP contribution in [0.25, 0.3) is 11.0 Å². The second kappa shape index (κ2) is 11.6. The standard InChI is InChI=1S/C29H33N3O3/c1-21-15-16-22(2)27(19-21)34-18-10-9-17-32-26-14-8-7-13-25(26)31-29(32)23(3)30-28(33)20-35-24-11-5-4-6-12-24/h4-8,11-16,19,23H,9-10,17-18,20H2,1-3H3,(H,30,33). The number of nitrogens with zero attached hydrogens (tertiary/aromatic N) is 2. The number of hydrogen-bond donors (Lipinski definition) is 1. The van der Waals surface area contributed by atoms with Crippen LogP contribution in [0.3, 0.4) is 0 Å². The predicted molar refractivity (Wildman–Crippen MR) is 139 cm³/mol. The zero-order chi connectivity index (χ0) is 24.6. The maximum atomic E-state index is 12.5. The lowest BCUT2D eigenvalue weighted by molar-refractivity contribution is -0.123. The molecule has 0 radical (unpaired) electrons. The lowest BCUT2D eigenvalue weighted by atomic mass is 10.1. The molecule has 35 heavy (non-hydrogen) atoms. The summed E-state index contributed by atoms with van der Waals surface area (Å²) in [6.07, 6.45) is 1.86. The summed E-state index contributed by atoms with van der Waals surface area (Å²) in [5.41, 5.74) is 4.35. The van der Waals surface area contributed by atoms with E-state index in [-0.39, 0.29) is 18.6 Å². The lowest BCUT2D eigenvalue weighted by Gasteiger charge is -2.17. The number of carbonyl (C=O) groups is 1. The molecule has 0 spiro atoms. The summed E-state index contributed by atoms with van der Waals surface area (Å²) >= 11 is 0. The first kappa shape index (κ1) is 24.3. The largest absolute Gasteiger partial charge is 0.493 e. The van der Waals surface area contributed by atoms with Gasteiger partial charge in [-0.15, -0.1) is 0 Å². The number of para-hydroxylation sites is 3. The number of nitrogens with one attached hydrogen (secondary N) is 1. The fraction of sp³-hybridized carbons (Fsp3) is 0.310. The third-order valence-corrected chi connectivity index (χ3v) is 5.94. The van der Waals surface area contributed by atoms with Crippen LogP contribution < -0.4 is 14.8 Å². The molecule has 182 valence electrons. The van der Waals surface area contributed by atoms with Crippen LogP contribution >= 0.6 is 0 Å². The number of carbonyl (C=O) groups excluding carboxylic acids is 1. The Hall–Kier alpha value is -3.80. The highest BCUT2D eigenvalue weighted by atomic mass is 16.5. The Morgan fingerprint density at radius 2 is 1.74 bits per heavy atom. The SMILES string of the molecule is Cc1ccc(C)c(OCCCCn2c(C(C)NC(=O)COc3ccccc3)nc3ccccc32)c1. The van der Waals surface area contributed by atoms with Crippen molar-refractivity contribution in [2.45, 2.75) is 46.2 Å². The number of aryl methyl sites for hydroxylation is 3. The first-order valence-electron chi connectivity index (χ1n) is 12.1. The molecule has 4 aromatic rings. The van der Waals surface area contributed by atoms with Crippen molar-refractivity contribution in [2.75, 3.05) is 13.2 Å². The zero-order valence-corrected chi connectivity index (χ0v) is 20.7. The van der Waals surface area contributed by atoms with Crippen molar-refractivity contribution in [3.63, 3.8) is 0 Å². The molecule has 0 fully saturated rings. The molecule has 1 amide bonds. The maximum absolute atomic E-state index is 12.5. The van der Waals surface area contributed by atoms with Gasteiger partial charge in [0.2, 0.25) is 0 Å². The molecule has 0 saturated carbocycles. The fourth-order valence-electron chi connectivity index (χ4n) is 4.09. The van der Waals surface area contributed by atoms with Crippen LogP contribution in [0.5, 0.6) is 11.5 Å². The topological polar surface area (TPSA) is 65.4 Å². The molecule has 1 N–H and O–H groups in total. The average Bonchev–Trinajstić information content (AvgIpc) is 3.24. The molecule has 1 heterocycles. The van der Waals surface area contributed by atoms with Crippen molar-refractivity contribution >= 4 is 16.9 Å². The summed E-state index contributed by atoms with van der Waals surface area (Å²) < 4.78 is 13.8. The van der Waals surface area contributed by atoms with Gasteiger partial charge >= 0.3 is 0 Å². The number of rotatable bonds is 11. The Morgan fingerprint density at radius 3 is 2.57 bits per heavy atom. The average molecular weight is 472 g/mol. The Bertz CT molecular complexity index is 1270. The van der Waals surface area contributed by atoms with E-state index in [4.69, 9.17) is 14.5 Å². The van der Waals surface area contributed by atoms with Crippen molar-refractivity contribution < 1.29 is 14.3 Å². The van der Waals surface area contributed by atoms with Crippen LogP contribution in [-0.4, -0.2) is 28.7 Å². The Morgan fingerprint density at radius 1 is 0.971 bits per heavy atom. The fourth-order valence-corrected chi connectivity index (χ4v) is 4.09. The molecule has 0 aliphatic rings. The third kappa shape index (κ3) is 6.41. The second-order valence-corrected chi connectivity index (χ2v) is 8.83. The minimum atomic E-state index is -0.250. The highest BCUT2D eigenvalue weighted by Gasteiger charge is 2.18. The summed E-state index contributed by atoms with van der Waals surface area (Å²) in [5, 5.41) is 3.03. The summed E-state index contributed by atoms with van der Waals surface area (Å²) in [6.45, 7) is 7.53. The van der Waals surface area contributed by atoms with Crippen LogP contribution in [0.15, 0.2) is 72.8 Å². The molecule has 6 heteroatoms. The minimum Gasteiger partial charge on any atom is -0.493 e. The van der Waals surface area contributed by atoms with Gasteiger partial charge < -0.3 is 19.4 Å². The van der Waals surface area contributed by atoms with Gasteiger partial charge in [-0.1, -0.05) is 42.5 Å². The molecule has 4 rings (SSSR count). The first-order chi connectivity index (χ1) is 17.0. The third-order valence-electron chi connectivity index (χ3n) is 5.94. The first-order valence-corrected chi connectivity index (χ1v) is 12.1. The van der Waals surface area contributed by atoms with Gasteiger partial charge in [-0.3, -0.25) is 4.79 Å². The maximum Gasteiger partial charge on any atom is 0.258 e. The Labute approximate surface area is 206 Å². The molecule has 1 aromatic heterocycles. The number of benzene rings is 3. The molecular formula is C29H33N3O3. The minimum absolute atomic E-state index is 0.0374. The van der Waals surface area contributed by atoms with E-state index in [1.807, 2.05) is 55.5 Å². The van der Waals surface area contributed by atoms with Crippen LogP contribution in [0.1, 0.15) is 42.8 Å². The van der Waals surface area contributed by atoms with Crippen LogP contribution in [0.2, 0.25) is 0 Å². The highest BCUT2D eigenvalue weighted by molar-refractivity contribution is 5.79. The smallest absolute Gasteiger partial charge is 0.258 e. The molecule has 6 nitrogen and oxygen atoms in total. The van der Waals surface area contributed by atoms with E-state index in [0.717, 1.165) is 47.6 Å². The number of aromatic nitrogens is 2. The van der Waals surface area contributed by atoms with Gasteiger partial charge in [0, 0.05) is 6.54 Å². The molecular weight excluding hydrogens is 438 g/mol. The van der Waals surface area contributed by atoms with Crippen LogP contribution in [0.4, 0.5) is 0 Å². The molecule has 0 saturated heterocycles. The monoisotopic (exact) mass is 471 g/mol. The normalized spacial score (nSPS) is 11.9. The van der Waals surface area contributed by atoms with Gasteiger partial charge in [0.1, 0.15) is 17.3 Å². The van der Waals surface area contributed by atoms with E-state index in [0.29, 0.717) is 12.4 Å². The Kier molecular flexibility index (Phi) is 8.03. The molecule has 1 unspecified atom stereocenters. The number of imidazole rings is 1. The van der Waals surface area contributed by atoms with Gasteiger partial charge in [0.05, 0.1) is 23.7 Å². The van der Waals surface area contributed by atoms with Crippen molar-refractivity contribution in [1.29, 1.82) is 0 Å². The van der Waals surface area contributed by atoms with Gasteiger partial charge in [-0.05, 0) is 75.1 Å². The Balaban J connectivity index is 1.36. The van der Waals surface area contributed by atoms with Gasteiger partial charge in [0.15, 0.2) is 6.61 Å².